The first-order valence-electron chi connectivity index (χ1n) is 6.63. The quantitative estimate of drug-likeness (QED) is 0.907. The number of nitrogens with zero attached hydrogens (tertiary/aromatic N) is 1. The molecule has 100 valence electrons. The Balaban J connectivity index is 1.89. The van der Waals surface area contributed by atoms with Crippen LogP contribution in [0.5, 0.6) is 0 Å². The fourth-order valence-electron chi connectivity index (χ4n) is 2.45. The van der Waals surface area contributed by atoms with Gasteiger partial charge in [0.1, 0.15) is 5.82 Å². The van der Waals surface area contributed by atoms with E-state index in [9.17, 15) is 4.39 Å². The van der Waals surface area contributed by atoms with E-state index in [1.54, 1.807) is 6.07 Å². The number of nitrogens with one attached hydrogen (secondary N) is 1. The average Bonchev–Trinajstić information content (AvgIpc) is 2.37. The Bertz CT molecular complexity index is 389. The number of hydrogen-bond donors (Lipinski definition) is 1. The van der Waals surface area contributed by atoms with Crippen LogP contribution in [-0.4, -0.2) is 30.6 Å². The zero-order chi connectivity index (χ0) is 13.0. The number of rotatable bonds is 4. The topological polar surface area (TPSA) is 15.3 Å². The maximum atomic E-state index is 13.6. The van der Waals surface area contributed by atoms with Gasteiger partial charge in [-0.2, -0.15) is 0 Å². The van der Waals surface area contributed by atoms with Gasteiger partial charge in [0.25, 0.3) is 0 Å². The van der Waals surface area contributed by atoms with Crippen LogP contribution in [0.15, 0.2) is 22.7 Å². The summed E-state index contributed by atoms with van der Waals surface area (Å²) in [6.07, 6.45) is 3.39. The number of likely N-dealkylation sites (tertiary alicyclic amines) is 1. The molecule has 2 rings (SSSR count). The van der Waals surface area contributed by atoms with Crippen LogP contribution in [-0.2, 0) is 0 Å². The first-order valence-corrected chi connectivity index (χ1v) is 7.42. The monoisotopic (exact) mass is 314 g/mol. The molecule has 0 saturated carbocycles. The number of halogens is 2. The van der Waals surface area contributed by atoms with Gasteiger partial charge >= 0.3 is 0 Å². The summed E-state index contributed by atoms with van der Waals surface area (Å²) < 4.78 is 14.5. The van der Waals surface area contributed by atoms with Crippen molar-refractivity contribution in [2.24, 2.45) is 0 Å². The number of anilines is 1. The molecule has 0 amide bonds. The minimum atomic E-state index is -0.172. The number of hydrogen-bond acceptors (Lipinski definition) is 2. The van der Waals surface area contributed by atoms with Crippen molar-refractivity contribution in [1.29, 1.82) is 0 Å². The fourth-order valence-corrected chi connectivity index (χ4v) is 2.81. The lowest BCUT2D eigenvalue weighted by atomic mass is 10.0. The van der Waals surface area contributed by atoms with Gasteiger partial charge in [0.2, 0.25) is 0 Å². The molecule has 2 nitrogen and oxygen atoms in total. The van der Waals surface area contributed by atoms with E-state index in [0.717, 1.165) is 30.4 Å². The minimum Gasteiger partial charge on any atom is -0.380 e. The normalized spacial score (nSPS) is 17.9. The Morgan fingerprint density at radius 2 is 2.11 bits per heavy atom. The van der Waals surface area contributed by atoms with E-state index in [2.05, 4.69) is 33.1 Å². The zero-order valence-corrected chi connectivity index (χ0v) is 12.3. The molecule has 0 unspecified atom stereocenters. The Labute approximate surface area is 117 Å². The van der Waals surface area contributed by atoms with Crippen LogP contribution in [0.25, 0.3) is 0 Å². The Kier molecular flexibility index (Phi) is 5.01. The van der Waals surface area contributed by atoms with Crippen molar-refractivity contribution in [3.8, 4) is 0 Å². The third-order valence-corrected chi connectivity index (χ3v) is 3.91. The lowest BCUT2D eigenvalue weighted by molar-refractivity contribution is 0.219. The number of benzene rings is 1. The lowest BCUT2D eigenvalue weighted by Gasteiger charge is -2.32. The highest BCUT2D eigenvalue weighted by atomic mass is 79.9. The van der Waals surface area contributed by atoms with E-state index in [1.807, 2.05) is 6.07 Å². The molecule has 0 aromatic heterocycles. The first-order chi connectivity index (χ1) is 8.69. The summed E-state index contributed by atoms with van der Waals surface area (Å²) in [5.41, 5.74) is 0.610. The molecule has 1 N–H and O–H groups in total. The van der Waals surface area contributed by atoms with Crippen molar-refractivity contribution in [3.63, 3.8) is 0 Å². The molecule has 0 bridgehead atoms. The summed E-state index contributed by atoms with van der Waals surface area (Å²) in [6.45, 7) is 5.61. The standard InChI is InChI=1S/C14H20BrFN2/c1-2-7-18-8-5-12(6-9-18)17-14-10-11(15)3-4-13(14)16/h3-4,10,12,17H,2,5-9H2,1H3. The highest BCUT2D eigenvalue weighted by Crippen LogP contribution is 2.23. The Morgan fingerprint density at radius 1 is 1.39 bits per heavy atom. The molecule has 1 saturated heterocycles. The van der Waals surface area contributed by atoms with E-state index in [4.69, 9.17) is 0 Å². The molecule has 1 aliphatic rings. The van der Waals surface area contributed by atoms with Crippen molar-refractivity contribution < 1.29 is 4.39 Å². The van der Waals surface area contributed by atoms with Crippen LogP contribution in [0.1, 0.15) is 26.2 Å². The summed E-state index contributed by atoms with van der Waals surface area (Å²) in [5.74, 6) is -0.172. The molecule has 1 aromatic carbocycles. The molecule has 0 atom stereocenters. The highest BCUT2D eigenvalue weighted by molar-refractivity contribution is 9.10. The van der Waals surface area contributed by atoms with E-state index >= 15 is 0 Å². The zero-order valence-electron chi connectivity index (χ0n) is 10.8. The van der Waals surface area contributed by atoms with Crippen LogP contribution in [0.3, 0.4) is 0 Å². The molecule has 0 radical (unpaired) electrons. The van der Waals surface area contributed by atoms with Crippen molar-refractivity contribution in [1.82, 2.24) is 4.90 Å². The second-order valence-corrected chi connectivity index (χ2v) is 5.80. The Hall–Kier alpha value is -0.610. The van der Waals surface area contributed by atoms with Gasteiger partial charge in [0.15, 0.2) is 0 Å². The van der Waals surface area contributed by atoms with Gasteiger partial charge in [-0.15, -0.1) is 0 Å². The summed E-state index contributed by atoms with van der Waals surface area (Å²) >= 11 is 3.38. The van der Waals surface area contributed by atoms with Crippen LogP contribution in [0.4, 0.5) is 10.1 Å². The summed E-state index contributed by atoms with van der Waals surface area (Å²) in [6, 6.07) is 5.43. The molecular formula is C14H20BrFN2. The van der Waals surface area contributed by atoms with Crippen molar-refractivity contribution in [2.75, 3.05) is 25.0 Å². The van der Waals surface area contributed by atoms with Gasteiger partial charge in [0, 0.05) is 23.6 Å². The molecule has 1 aliphatic heterocycles. The lowest BCUT2D eigenvalue weighted by Crippen LogP contribution is -2.39. The largest absolute Gasteiger partial charge is 0.380 e. The molecule has 0 aliphatic carbocycles. The molecule has 0 spiro atoms. The molecule has 18 heavy (non-hydrogen) atoms. The maximum Gasteiger partial charge on any atom is 0.146 e. The van der Waals surface area contributed by atoms with E-state index in [-0.39, 0.29) is 5.82 Å². The van der Waals surface area contributed by atoms with Crippen molar-refractivity contribution in [2.45, 2.75) is 32.2 Å². The summed E-state index contributed by atoms with van der Waals surface area (Å²) in [4.78, 5) is 2.48. The maximum absolute atomic E-state index is 13.6. The van der Waals surface area contributed by atoms with Crippen LogP contribution < -0.4 is 5.32 Å². The Morgan fingerprint density at radius 3 is 2.78 bits per heavy atom. The smallest absolute Gasteiger partial charge is 0.146 e. The van der Waals surface area contributed by atoms with Gasteiger partial charge in [-0.25, -0.2) is 4.39 Å². The summed E-state index contributed by atoms with van der Waals surface area (Å²) in [7, 11) is 0. The van der Waals surface area contributed by atoms with Gasteiger partial charge in [-0.1, -0.05) is 22.9 Å². The molecule has 1 aromatic rings. The first kappa shape index (κ1) is 13.8. The minimum absolute atomic E-state index is 0.172. The fraction of sp³-hybridized carbons (Fsp3) is 0.571. The third kappa shape index (κ3) is 3.69. The van der Waals surface area contributed by atoms with Crippen LogP contribution >= 0.6 is 15.9 Å². The van der Waals surface area contributed by atoms with Gasteiger partial charge in [-0.3, -0.25) is 0 Å². The number of piperidine rings is 1. The molecule has 4 heteroatoms. The summed E-state index contributed by atoms with van der Waals surface area (Å²) in [5, 5.41) is 3.32. The van der Waals surface area contributed by atoms with Crippen molar-refractivity contribution in [3.05, 3.63) is 28.5 Å². The average molecular weight is 315 g/mol. The van der Waals surface area contributed by atoms with Crippen molar-refractivity contribution >= 4 is 21.6 Å². The van der Waals surface area contributed by atoms with Gasteiger partial charge in [-0.05, 0) is 44.0 Å². The molecular weight excluding hydrogens is 295 g/mol. The van der Waals surface area contributed by atoms with Gasteiger partial charge < -0.3 is 10.2 Å². The van der Waals surface area contributed by atoms with E-state index in [1.165, 1.54) is 19.0 Å². The van der Waals surface area contributed by atoms with Gasteiger partial charge in [0.05, 0.1) is 5.69 Å². The predicted molar refractivity (Wildman–Crippen MR) is 77.5 cm³/mol. The molecule has 1 heterocycles. The van der Waals surface area contributed by atoms with E-state index in [0.29, 0.717) is 11.7 Å². The molecule has 1 fully saturated rings. The van der Waals surface area contributed by atoms with E-state index < -0.39 is 0 Å². The second kappa shape index (κ2) is 6.53. The van der Waals surface area contributed by atoms with Crippen LogP contribution in [0.2, 0.25) is 0 Å². The second-order valence-electron chi connectivity index (χ2n) is 4.88. The SMILES string of the molecule is CCCN1CCC(Nc2cc(Br)ccc2F)CC1. The predicted octanol–water partition coefficient (Wildman–Crippen LogP) is 3.87. The van der Waals surface area contributed by atoms with Crippen LogP contribution in [0, 0.1) is 5.82 Å². The third-order valence-electron chi connectivity index (χ3n) is 3.42. The highest BCUT2D eigenvalue weighted by Gasteiger charge is 2.19.